The van der Waals surface area contributed by atoms with Crippen molar-refractivity contribution < 1.29 is 14.3 Å². The lowest BCUT2D eigenvalue weighted by Gasteiger charge is -2.18. The van der Waals surface area contributed by atoms with Crippen LogP contribution in [0, 0.1) is 5.41 Å². The Labute approximate surface area is 64.8 Å². The first kappa shape index (κ1) is 8.30. The van der Waals surface area contributed by atoms with Gasteiger partial charge in [0.1, 0.15) is 6.17 Å². The first-order chi connectivity index (χ1) is 4.93. The van der Waals surface area contributed by atoms with Gasteiger partial charge in [0.2, 0.25) is 0 Å². The summed E-state index contributed by atoms with van der Waals surface area (Å²) in [4.78, 5) is 11.5. The van der Waals surface area contributed by atoms with Crippen LogP contribution in [-0.2, 0) is 0 Å². The highest BCUT2D eigenvalue weighted by Gasteiger charge is 2.41. The van der Waals surface area contributed by atoms with Crippen LogP contribution in [0.15, 0.2) is 0 Å². The molecule has 1 heterocycles. The van der Waals surface area contributed by atoms with Crippen LogP contribution in [0.2, 0.25) is 0 Å². The van der Waals surface area contributed by atoms with Gasteiger partial charge in [-0.25, -0.2) is 9.18 Å². The van der Waals surface area contributed by atoms with Crippen molar-refractivity contribution >= 4 is 6.09 Å². The fourth-order valence-electron chi connectivity index (χ4n) is 1.24. The van der Waals surface area contributed by atoms with Crippen molar-refractivity contribution in [2.24, 2.45) is 5.41 Å². The average Bonchev–Trinajstić information content (AvgIpc) is 2.08. The van der Waals surface area contributed by atoms with Gasteiger partial charge in [0.15, 0.2) is 0 Å². The predicted octanol–water partition coefficient (Wildman–Crippen LogP) is 1.34. The van der Waals surface area contributed by atoms with E-state index in [1.54, 1.807) is 13.8 Å². The number of carbonyl (C=O) groups is 1. The van der Waals surface area contributed by atoms with Gasteiger partial charge in [-0.05, 0) is 0 Å². The Bertz CT molecular complexity index is 181. The zero-order valence-corrected chi connectivity index (χ0v) is 6.67. The summed E-state index contributed by atoms with van der Waals surface area (Å²) in [5, 5.41) is 8.52. The van der Waals surface area contributed by atoms with Gasteiger partial charge < -0.3 is 10.0 Å². The van der Waals surface area contributed by atoms with Gasteiger partial charge in [-0.2, -0.15) is 0 Å². The molecule has 1 aliphatic rings. The average molecular weight is 161 g/mol. The van der Waals surface area contributed by atoms with E-state index < -0.39 is 17.7 Å². The van der Waals surface area contributed by atoms with Crippen molar-refractivity contribution in [1.29, 1.82) is 0 Å². The Balaban J connectivity index is 2.64. The number of alkyl halides is 1. The van der Waals surface area contributed by atoms with Gasteiger partial charge in [-0.1, -0.05) is 13.8 Å². The predicted molar refractivity (Wildman–Crippen MR) is 38.3 cm³/mol. The zero-order chi connectivity index (χ0) is 8.65. The number of carboxylic acid groups (broad SMARTS) is 1. The SMILES string of the molecule is CC1(C)CN(C(=O)O)CC1F. The summed E-state index contributed by atoms with van der Waals surface area (Å²) < 4.78 is 13.0. The largest absolute Gasteiger partial charge is 0.465 e. The highest BCUT2D eigenvalue weighted by atomic mass is 19.1. The van der Waals surface area contributed by atoms with Gasteiger partial charge in [0.05, 0.1) is 6.54 Å². The monoisotopic (exact) mass is 161 g/mol. The summed E-state index contributed by atoms with van der Waals surface area (Å²) in [6, 6.07) is 0. The summed E-state index contributed by atoms with van der Waals surface area (Å²) in [5.41, 5.74) is -0.515. The van der Waals surface area contributed by atoms with Crippen molar-refractivity contribution in [1.82, 2.24) is 4.90 Å². The first-order valence-corrected chi connectivity index (χ1v) is 3.55. The highest BCUT2D eigenvalue weighted by molar-refractivity contribution is 5.65. The van der Waals surface area contributed by atoms with Crippen LogP contribution in [0.1, 0.15) is 13.8 Å². The third kappa shape index (κ3) is 1.44. The molecule has 1 N–H and O–H groups in total. The minimum absolute atomic E-state index is 0.0162. The van der Waals surface area contributed by atoms with E-state index in [4.69, 9.17) is 5.11 Å². The van der Waals surface area contributed by atoms with E-state index in [-0.39, 0.29) is 6.54 Å². The van der Waals surface area contributed by atoms with Crippen LogP contribution in [-0.4, -0.2) is 35.4 Å². The summed E-state index contributed by atoms with van der Waals surface area (Å²) in [5.74, 6) is 0. The molecule has 1 fully saturated rings. The maximum Gasteiger partial charge on any atom is 0.407 e. The van der Waals surface area contributed by atoms with Gasteiger partial charge in [-0.15, -0.1) is 0 Å². The minimum Gasteiger partial charge on any atom is -0.465 e. The van der Waals surface area contributed by atoms with Crippen molar-refractivity contribution in [3.8, 4) is 0 Å². The lowest BCUT2D eigenvalue weighted by Crippen LogP contribution is -2.28. The molecule has 1 aliphatic heterocycles. The minimum atomic E-state index is -1.03. The number of rotatable bonds is 0. The molecule has 1 amide bonds. The van der Waals surface area contributed by atoms with E-state index in [1.807, 2.05) is 0 Å². The number of halogens is 1. The van der Waals surface area contributed by atoms with Crippen LogP contribution in [0.4, 0.5) is 9.18 Å². The molecule has 4 heteroatoms. The van der Waals surface area contributed by atoms with Crippen LogP contribution in [0.3, 0.4) is 0 Å². The molecule has 0 spiro atoms. The molecule has 0 aromatic rings. The van der Waals surface area contributed by atoms with E-state index in [9.17, 15) is 9.18 Å². The van der Waals surface area contributed by atoms with Crippen LogP contribution >= 0.6 is 0 Å². The third-order valence-electron chi connectivity index (χ3n) is 2.10. The standard InChI is InChI=1S/C7H12FNO2/c1-7(2)4-9(6(10)11)3-5(7)8/h5H,3-4H2,1-2H3,(H,10,11). The van der Waals surface area contributed by atoms with Gasteiger partial charge in [-0.3, -0.25) is 0 Å². The lowest BCUT2D eigenvalue weighted by molar-refractivity contribution is 0.151. The van der Waals surface area contributed by atoms with E-state index >= 15 is 0 Å². The number of nitrogens with zero attached hydrogens (tertiary/aromatic N) is 1. The number of amides is 1. The second-order valence-electron chi connectivity index (χ2n) is 3.62. The molecule has 1 unspecified atom stereocenters. The molecule has 1 atom stereocenters. The molecule has 11 heavy (non-hydrogen) atoms. The molecule has 1 saturated heterocycles. The van der Waals surface area contributed by atoms with Crippen LogP contribution in [0.5, 0.6) is 0 Å². The van der Waals surface area contributed by atoms with Crippen molar-refractivity contribution in [2.45, 2.75) is 20.0 Å². The molecule has 3 nitrogen and oxygen atoms in total. The lowest BCUT2D eigenvalue weighted by atomic mass is 9.91. The van der Waals surface area contributed by atoms with E-state index in [0.29, 0.717) is 6.54 Å². The smallest absolute Gasteiger partial charge is 0.407 e. The Morgan fingerprint density at radius 1 is 1.73 bits per heavy atom. The first-order valence-electron chi connectivity index (χ1n) is 3.55. The number of hydrogen-bond acceptors (Lipinski definition) is 1. The summed E-state index contributed by atoms with van der Waals surface area (Å²) in [6.07, 6.45) is -2.06. The summed E-state index contributed by atoms with van der Waals surface area (Å²) >= 11 is 0. The van der Waals surface area contributed by atoms with Gasteiger partial charge >= 0.3 is 6.09 Å². The van der Waals surface area contributed by atoms with Crippen LogP contribution < -0.4 is 0 Å². The fraction of sp³-hybridized carbons (Fsp3) is 0.857. The molecule has 1 rings (SSSR count). The molecule has 0 aromatic carbocycles. The second-order valence-corrected chi connectivity index (χ2v) is 3.62. The van der Waals surface area contributed by atoms with E-state index in [1.165, 1.54) is 0 Å². The van der Waals surface area contributed by atoms with Crippen LogP contribution in [0.25, 0.3) is 0 Å². The third-order valence-corrected chi connectivity index (χ3v) is 2.10. The topological polar surface area (TPSA) is 40.5 Å². The maximum atomic E-state index is 13.0. The normalized spacial score (nSPS) is 29.0. The summed E-state index contributed by atoms with van der Waals surface area (Å²) in [6.45, 7) is 3.78. The molecular formula is C7H12FNO2. The van der Waals surface area contributed by atoms with Crippen molar-refractivity contribution in [2.75, 3.05) is 13.1 Å². The van der Waals surface area contributed by atoms with Crippen molar-refractivity contribution in [3.05, 3.63) is 0 Å². The fourth-order valence-corrected chi connectivity index (χ4v) is 1.24. The molecular weight excluding hydrogens is 149 g/mol. The Morgan fingerprint density at radius 2 is 2.27 bits per heavy atom. The molecule has 0 aromatic heterocycles. The van der Waals surface area contributed by atoms with Gasteiger partial charge in [0.25, 0.3) is 0 Å². The zero-order valence-electron chi connectivity index (χ0n) is 6.67. The second kappa shape index (κ2) is 2.36. The molecule has 0 radical (unpaired) electrons. The highest BCUT2D eigenvalue weighted by Crippen LogP contribution is 2.31. The maximum absolute atomic E-state index is 13.0. The number of likely N-dealkylation sites (tertiary alicyclic amines) is 1. The Kier molecular flexibility index (Phi) is 1.78. The summed E-state index contributed by atoms with van der Waals surface area (Å²) in [7, 11) is 0. The molecule has 0 saturated carbocycles. The Hall–Kier alpha value is -0.800. The Morgan fingerprint density at radius 3 is 2.45 bits per heavy atom. The number of hydrogen-bond donors (Lipinski definition) is 1. The quantitative estimate of drug-likeness (QED) is 0.582. The van der Waals surface area contributed by atoms with E-state index in [0.717, 1.165) is 4.90 Å². The molecule has 64 valence electrons. The molecule has 0 aliphatic carbocycles. The van der Waals surface area contributed by atoms with E-state index in [2.05, 4.69) is 0 Å². The molecule has 0 bridgehead atoms. The van der Waals surface area contributed by atoms with Crippen molar-refractivity contribution in [3.63, 3.8) is 0 Å². The van der Waals surface area contributed by atoms with Gasteiger partial charge in [0, 0.05) is 12.0 Å².